The van der Waals surface area contributed by atoms with E-state index in [1.54, 1.807) is 18.2 Å². The van der Waals surface area contributed by atoms with Gasteiger partial charge in [-0.2, -0.15) is 0 Å². The Balaban J connectivity index is 1.62. The second-order valence-electron chi connectivity index (χ2n) is 9.05. The van der Waals surface area contributed by atoms with Crippen LogP contribution in [-0.2, 0) is 29.1 Å². The minimum Gasteiger partial charge on any atom is -0.506 e. The molecule has 42 heavy (non-hydrogen) atoms. The van der Waals surface area contributed by atoms with Crippen molar-refractivity contribution in [1.29, 1.82) is 0 Å². The molecule has 216 valence electrons. The lowest BCUT2D eigenvalue weighted by molar-refractivity contribution is 0.0471. The summed E-state index contributed by atoms with van der Waals surface area (Å²) in [5.74, 6) is -3.36. The van der Waals surface area contributed by atoms with Crippen molar-refractivity contribution in [2.75, 3.05) is 0 Å². The molecule has 0 aliphatic heterocycles. The minimum absolute atomic E-state index is 0.0253. The summed E-state index contributed by atoms with van der Waals surface area (Å²) in [5, 5.41) is 38.7. The number of aromatic hydroxyl groups is 3. The summed E-state index contributed by atoms with van der Waals surface area (Å²) >= 11 is 18.0. The molecule has 0 saturated carbocycles. The number of benzene rings is 4. The van der Waals surface area contributed by atoms with Crippen LogP contribution in [0.5, 0.6) is 17.2 Å². The molecule has 0 aliphatic carbocycles. The highest BCUT2D eigenvalue weighted by Gasteiger charge is 2.19. The highest BCUT2D eigenvalue weighted by Crippen LogP contribution is 2.32. The lowest BCUT2D eigenvalue weighted by Crippen LogP contribution is -2.09. The molecule has 0 amide bonds. The predicted octanol–water partition coefficient (Wildman–Crippen LogP) is 6.77. The molecule has 12 heteroatoms. The SMILES string of the molecule is O=C(OCc1cc(COC(=O)c2ccc(O)c(Cl)c2)cc(Cc2c(C(=O)O)ccc(O)c2Cl)c1)c1ccc(O)c(Cl)c1. The van der Waals surface area contributed by atoms with Crippen LogP contribution in [0.2, 0.25) is 15.1 Å². The maximum Gasteiger partial charge on any atom is 0.338 e. The van der Waals surface area contributed by atoms with E-state index in [-0.39, 0.29) is 74.2 Å². The second-order valence-corrected chi connectivity index (χ2v) is 10.2. The summed E-state index contributed by atoms with van der Waals surface area (Å²) in [5.41, 5.74) is 1.71. The highest BCUT2D eigenvalue weighted by molar-refractivity contribution is 6.33. The van der Waals surface area contributed by atoms with Crippen LogP contribution in [0.4, 0.5) is 0 Å². The van der Waals surface area contributed by atoms with E-state index >= 15 is 0 Å². The van der Waals surface area contributed by atoms with E-state index in [1.165, 1.54) is 48.5 Å². The fraction of sp³-hybridized carbons (Fsp3) is 0.100. The number of phenolic OH excluding ortho intramolecular Hbond substituents is 3. The van der Waals surface area contributed by atoms with E-state index in [2.05, 4.69) is 0 Å². The van der Waals surface area contributed by atoms with Crippen molar-refractivity contribution in [2.45, 2.75) is 19.6 Å². The number of rotatable bonds is 9. The second kappa shape index (κ2) is 13.0. The standard InChI is InChI=1S/C30H21Cl3O9/c31-22-11-18(1-4-24(22)34)29(39)41-13-16-7-15(10-21-20(28(37)38)3-6-26(36)27(21)33)8-17(9-16)14-42-30(40)19-2-5-25(35)23(32)12-19/h1-9,11-12,34-36H,10,13-14H2,(H,37,38). The Morgan fingerprint density at radius 1 is 0.619 bits per heavy atom. The van der Waals surface area contributed by atoms with Gasteiger partial charge in [0.15, 0.2) is 0 Å². The molecule has 0 aliphatic rings. The Morgan fingerprint density at radius 2 is 1.07 bits per heavy atom. The maximum atomic E-state index is 12.6. The monoisotopic (exact) mass is 630 g/mol. The van der Waals surface area contributed by atoms with Crippen molar-refractivity contribution in [2.24, 2.45) is 0 Å². The molecule has 0 aromatic heterocycles. The molecule has 0 bridgehead atoms. The number of carbonyl (C=O) groups excluding carboxylic acids is 2. The van der Waals surface area contributed by atoms with E-state index in [4.69, 9.17) is 44.3 Å². The largest absolute Gasteiger partial charge is 0.506 e. The Labute approximate surface area is 254 Å². The van der Waals surface area contributed by atoms with Gasteiger partial charge in [0.2, 0.25) is 0 Å². The van der Waals surface area contributed by atoms with Gasteiger partial charge >= 0.3 is 17.9 Å². The smallest absolute Gasteiger partial charge is 0.338 e. The average molecular weight is 632 g/mol. The number of esters is 2. The molecule has 0 fully saturated rings. The first-order chi connectivity index (χ1) is 19.9. The normalized spacial score (nSPS) is 10.7. The van der Waals surface area contributed by atoms with Gasteiger partial charge in [0, 0.05) is 0 Å². The lowest BCUT2D eigenvalue weighted by atomic mass is 9.96. The van der Waals surface area contributed by atoms with Crippen molar-refractivity contribution < 1.29 is 44.3 Å². The van der Waals surface area contributed by atoms with Crippen LogP contribution in [0.3, 0.4) is 0 Å². The van der Waals surface area contributed by atoms with Crippen molar-refractivity contribution in [1.82, 2.24) is 0 Å². The van der Waals surface area contributed by atoms with Gasteiger partial charge in [-0.1, -0.05) is 46.9 Å². The molecule has 4 aromatic rings. The van der Waals surface area contributed by atoms with Gasteiger partial charge in [0.05, 0.1) is 31.8 Å². The Bertz CT molecular complexity index is 1620. The number of ether oxygens (including phenoxy) is 2. The van der Waals surface area contributed by atoms with E-state index in [9.17, 15) is 34.8 Å². The van der Waals surface area contributed by atoms with Crippen LogP contribution in [-0.4, -0.2) is 38.3 Å². The first-order valence-electron chi connectivity index (χ1n) is 12.1. The quantitative estimate of drug-likeness (QED) is 0.147. The zero-order valence-corrected chi connectivity index (χ0v) is 23.7. The lowest BCUT2D eigenvalue weighted by Gasteiger charge is -2.14. The summed E-state index contributed by atoms with van der Waals surface area (Å²) in [4.78, 5) is 37.0. The maximum absolute atomic E-state index is 12.6. The molecule has 4 N–H and O–H groups in total. The fourth-order valence-corrected chi connectivity index (χ4v) is 4.62. The molecule has 4 aromatic carbocycles. The third kappa shape index (κ3) is 7.25. The van der Waals surface area contributed by atoms with Crippen LogP contribution in [0.25, 0.3) is 0 Å². The predicted molar refractivity (Wildman–Crippen MR) is 154 cm³/mol. The summed E-state index contributed by atoms with van der Waals surface area (Å²) < 4.78 is 10.8. The van der Waals surface area contributed by atoms with Crippen molar-refractivity contribution in [3.63, 3.8) is 0 Å². The molecule has 4 rings (SSSR count). The molecular weight excluding hydrogens is 611 g/mol. The Morgan fingerprint density at radius 3 is 1.52 bits per heavy atom. The zero-order valence-electron chi connectivity index (χ0n) is 21.4. The fourth-order valence-electron chi connectivity index (χ4n) is 4.03. The zero-order chi connectivity index (χ0) is 30.6. The van der Waals surface area contributed by atoms with Crippen LogP contribution in [0.1, 0.15) is 53.3 Å². The number of carboxylic acids is 1. The molecule has 0 spiro atoms. The summed E-state index contributed by atoms with van der Waals surface area (Å²) in [7, 11) is 0. The number of aromatic carboxylic acids is 1. The van der Waals surface area contributed by atoms with Gasteiger partial charge in [-0.05, 0) is 83.3 Å². The topological polar surface area (TPSA) is 151 Å². The number of halogens is 3. The third-order valence-corrected chi connectivity index (χ3v) is 7.08. The van der Waals surface area contributed by atoms with Crippen molar-refractivity contribution in [3.8, 4) is 17.2 Å². The molecule has 0 atom stereocenters. The van der Waals surface area contributed by atoms with E-state index in [0.717, 1.165) is 0 Å². The van der Waals surface area contributed by atoms with E-state index < -0.39 is 17.9 Å². The first kappa shape index (κ1) is 30.5. The summed E-state index contributed by atoms with van der Waals surface area (Å²) in [6.07, 6.45) is -0.0290. The number of carbonyl (C=O) groups is 3. The third-order valence-electron chi connectivity index (χ3n) is 6.05. The van der Waals surface area contributed by atoms with E-state index in [0.29, 0.717) is 16.7 Å². The molecule has 0 heterocycles. The van der Waals surface area contributed by atoms with Gasteiger partial charge in [-0.3, -0.25) is 0 Å². The van der Waals surface area contributed by atoms with Crippen molar-refractivity contribution >= 4 is 52.7 Å². The van der Waals surface area contributed by atoms with Crippen LogP contribution in [0, 0.1) is 0 Å². The summed E-state index contributed by atoms with van der Waals surface area (Å²) in [6.45, 7) is -0.446. The van der Waals surface area contributed by atoms with Gasteiger partial charge in [0.1, 0.15) is 30.5 Å². The molecular formula is C30H21Cl3O9. The number of hydrogen-bond donors (Lipinski definition) is 4. The van der Waals surface area contributed by atoms with Crippen LogP contribution in [0.15, 0.2) is 66.7 Å². The highest BCUT2D eigenvalue weighted by atomic mass is 35.5. The van der Waals surface area contributed by atoms with Gasteiger partial charge in [0.25, 0.3) is 0 Å². The number of phenols is 3. The molecule has 0 unspecified atom stereocenters. The number of carboxylic acid groups (broad SMARTS) is 1. The number of hydrogen-bond acceptors (Lipinski definition) is 8. The van der Waals surface area contributed by atoms with Gasteiger partial charge < -0.3 is 29.9 Å². The minimum atomic E-state index is -1.24. The Hall–Kier alpha value is -4.44. The first-order valence-corrected chi connectivity index (χ1v) is 13.2. The van der Waals surface area contributed by atoms with Gasteiger partial charge in [-0.25, -0.2) is 14.4 Å². The van der Waals surface area contributed by atoms with Crippen molar-refractivity contribution in [3.05, 3.63) is 121 Å². The average Bonchev–Trinajstić information content (AvgIpc) is 2.95. The van der Waals surface area contributed by atoms with Crippen LogP contribution >= 0.6 is 34.8 Å². The Kier molecular flexibility index (Phi) is 9.47. The molecule has 9 nitrogen and oxygen atoms in total. The molecule has 0 saturated heterocycles. The van der Waals surface area contributed by atoms with Crippen LogP contribution < -0.4 is 0 Å². The molecule has 0 radical (unpaired) electrons. The summed E-state index contributed by atoms with van der Waals surface area (Å²) in [6, 6.07) is 15.1. The van der Waals surface area contributed by atoms with Gasteiger partial charge in [-0.15, -0.1) is 0 Å². The van der Waals surface area contributed by atoms with E-state index in [1.807, 2.05) is 0 Å².